The van der Waals surface area contributed by atoms with Crippen LogP contribution in [0.2, 0.25) is 0 Å². The van der Waals surface area contributed by atoms with Crippen LogP contribution >= 0.6 is 0 Å². The van der Waals surface area contributed by atoms with E-state index in [1.165, 1.54) is 23.5 Å². The van der Waals surface area contributed by atoms with Crippen LogP contribution in [0.4, 0.5) is 0 Å². The van der Waals surface area contributed by atoms with Gasteiger partial charge in [0.2, 0.25) is 11.8 Å². The Balaban J connectivity index is 1.75. The van der Waals surface area contributed by atoms with Crippen LogP contribution in [0.1, 0.15) is 44.6 Å². The van der Waals surface area contributed by atoms with Crippen molar-refractivity contribution >= 4 is 23.7 Å². The van der Waals surface area contributed by atoms with Gasteiger partial charge in [-0.1, -0.05) is 39.8 Å². The number of likely N-dealkylation sites (tertiary alicyclic amines) is 1. The van der Waals surface area contributed by atoms with E-state index in [-0.39, 0.29) is 29.4 Å². The molecule has 0 spiro atoms. The molecule has 2 aliphatic rings. The normalized spacial score (nSPS) is 23.3. The Labute approximate surface area is 192 Å². The second kappa shape index (κ2) is 10.1. The number of allylic oxidation sites excluding steroid dienone is 1. The van der Waals surface area contributed by atoms with E-state index < -0.39 is 41.8 Å². The highest BCUT2D eigenvalue weighted by molar-refractivity contribution is 5.97. The first-order valence-electron chi connectivity index (χ1n) is 11.2. The number of nitrogens with zero attached hydrogens (tertiary/aromatic N) is 3. The molecule has 1 aromatic rings. The number of hydrogen-bond acceptors (Lipinski definition) is 6. The minimum Gasteiger partial charge on any atom is -0.480 e. The molecule has 3 amide bonds. The van der Waals surface area contributed by atoms with Crippen LogP contribution in [0.15, 0.2) is 30.7 Å². The molecule has 0 aromatic carbocycles. The molecule has 1 aliphatic heterocycles. The summed E-state index contributed by atoms with van der Waals surface area (Å²) >= 11 is 0. The smallest absolute Gasteiger partial charge is 0.326 e. The zero-order valence-corrected chi connectivity index (χ0v) is 19.3. The molecule has 10 nitrogen and oxygen atoms in total. The van der Waals surface area contributed by atoms with Crippen molar-refractivity contribution in [3.05, 3.63) is 36.4 Å². The van der Waals surface area contributed by atoms with Gasteiger partial charge in [-0.3, -0.25) is 19.4 Å². The number of carbonyl (C=O) groups is 4. The second-order valence-electron chi connectivity index (χ2n) is 9.28. The van der Waals surface area contributed by atoms with Crippen LogP contribution in [0, 0.1) is 23.7 Å². The maximum absolute atomic E-state index is 13.4. The standard InChI is InChI=1S/C23H31N5O5/c1-12(2)17(26-20(29)16-10-24-8-9-25-16)21(30)27-18(13(3)4)22(31)28-11-14-6-5-7-15(14)19(28)23(32)33/h5-6,8-10,12-15,17-19H,7,11H2,1-4H3,(H,26,29)(H,27,30)(H,32,33)/t14-,15-,17-,18-,19?/m0/s1. The molecule has 178 valence electrons. The first-order valence-corrected chi connectivity index (χ1v) is 11.2. The number of carbonyl (C=O) groups excluding carboxylic acids is 3. The Bertz CT molecular complexity index is 932. The number of aliphatic carboxylic acids is 1. The highest BCUT2D eigenvalue weighted by Crippen LogP contribution is 2.38. The van der Waals surface area contributed by atoms with Gasteiger partial charge < -0.3 is 20.6 Å². The third kappa shape index (κ3) is 5.20. The van der Waals surface area contributed by atoms with Crippen molar-refractivity contribution in [2.45, 2.75) is 52.2 Å². The predicted octanol–water partition coefficient (Wildman–Crippen LogP) is 0.860. The van der Waals surface area contributed by atoms with Gasteiger partial charge in [0.1, 0.15) is 23.8 Å². The summed E-state index contributed by atoms with van der Waals surface area (Å²) in [6.07, 6.45) is 8.67. The maximum Gasteiger partial charge on any atom is 0.326 e. The molecule has 0 bridgehead atoms. The lowest BCUT2D eigenvalue weighted by Crippen LogP contribution is -2.58. The average Bonchev–Trinajstić information content (AvgIpc) is 3.36. The summed E-state index contributed by atoms with van der Waals surface area (Å²) in [5.41, 5.74) is 0.0772. The molecule has 1 aliphatic carbocycles. The van der Waals surface area contributed by atoms with Crippen LogP contribution in [-0.2, 0) is 14.4 Å². The number of hydrogen-bond donors (Lipinski definition) is 3. The number of amides is 3. The quantitative estimate of drug-likeness (QED) is 0.492. The summed E-state index contributed by atoms with van der Waals surface area (Å²) in [6.45, 7) is 7.45. The van der Waals surface area contributed by atoms with Gasteiger partial charge in [-0.2, -0.15) is 0 Å². The zero-order valence-electron chi connectivity index (χ0n) is 19.3. The molecule has 0 radical (unpaired) electrons. The van der Waals surface area contributed by atoms with Crippen LogP contribution in [-0.4, -0.2) is 68.3 Å². The molecule has 3 N–H and O–H groups in total. The molecule has 1 aromatic heterocycles. The third-order valence-electron chi connectivity index (χ3n) is 6.29. The van der Waals surface area contributed by atoms with Crippen molar-refractivity contribution in [2.75, 3.05) is 6.54 Å². The fourth-order valence-electron chi connectivity index (χ4n) is 4.50. The summed E-state index contributed by atoms with van der Waals surface area (Å²) in [5.74, 6) is -3.21. The van der Waals surface area contributed by atoms with Gasteiger partial charge >= 0.3 is 5.97 Å². The Kier molecular flexibility index (Phi) is 7.45. The van der Waals surface area contributed by atoms with Crippen LogP contribution in [0.5, 0.6) is 0 Å². The van der Waals surface area contributed by atoms with Gasteiger partial charge in [-0.25, -0.2) is 9.78 Å². The fourth-order valence-corrected chi connectivity index (χ4v) is 4.50. The summed E-state index contributed by atoms with van der Waals surface area (Å²) in [6, 6.07) is -2.76. The van der Waals surface area contributed by atoms with E-state index in [1.807, 2.05) is 12.2 Å². The molecule has 33 heavy (non-hydrogen) atoms. The molecule has 1 fully saturated rings. The van der Waals surface area contributed by atoms with Crippen molar-refractivity contribution in [3.8, 4) is 0 Å². The summed E-state index contributed by atoms with van der Waals surface area (Å²) in [4.78, 5) is 60.2. The van der Waals surface area contributed by atoms with Crippen molar-refractivity contribution in [1.82, 2.24) is 25.5 Å². The minimum absolute atomic E-state index is 0.00764. The summed E-state index contributed by atoms with van der Waals surface area (Å²) in [7, 11) is 0. The number of aromatic nitrogens is 2. The Hall–Kier alpha value is -3.30. The highest BCUT2D eigenvalue weighted by Gasteiger charge is 2.49. The Morgan fingerprint density at radius 1 is 1.06 bits per heavy atom. The predicted molar refractivity (Wildman–Crippen MR) is 119 cm³/mol. The topological polar surface area (TPSA) is 142 Å². The van der Waals surface area contributed by atoms with Crippen molar-refractivity contribution in [3.63, 3.8) is 0 Å². The van der Waals surface area contributed by atoms with Crippen molar-refractivity contribution in [2.24, 2.45) is 23.7 Å². The van der Waals surface area contributed by atoms with Gasteiger partial charge in [0.25, 0.3) is 5.91 Å². The third-order valence-corrected chi connectivity index (χ3v) is 6.29. The van der Waals surface area contributed by atoms with E-state index in [4.69, 9.17) is 0 Å². The molecule has 1 unspecified atom stereocenters. The van der Waals surface area contributed by atoms with Crippen LogP contribution < -0.4 is 10.6 Å². The molecule has 1 saturated heterocycles. The summed E-state index contributed by atoms with van der Waals surface area (Å²) < 4.78 is 0. The number of nitrogens with one attached hydrogen (secondary N) is 2. The zero-order chi connectivity index (χ0) is 24.3. The van der Waals surface area contributed by atoms with Crippen molar-refractivity contribution in [1.29, 1.82) is 0 Å². The van der Waals surface area contributed by atoms with Crippen LogP contribution in [0.3, 0.4) is 0 Å². The molecular formula is C23H31N5O5. The second-order valence-corrected chi connectivity index (χ2v) is 9.28. The van der Waals surface area contributed by atoms with Gasteiger partial charge in [0, 0.05) is 30.8 Å². The SMILES string of the molecule is CC(C)[C@H](NC(=O)c1cnccn1)C(=O)N[C@H](C(=O)N1C[C@@H]2C=CC[C@@H]2C1C(=O)O)C(C)C. The van der Waals surface area contributed by atoms with E-state index in [2.05, 4.69) is 20.6 Å². The monoisotopic (exact) mass is 457 g/mol. The van der Waals surface area contributed by atoms with E-state index in [0.29, 0.717) is 13.0 Å². The molecule has 10 heteroatoms. The van der Waals surface area contributed by atoms with E-state index in [0.717, 1.165) is 0 Å². The maximum atomic E-state index is 13.4. The van der Waals surface area contributed by atoms with E-state index in [1.54, 1.807) is 27.7 Å². The Morgan fingerprint density at radius 3 is 2.33 bits per heavy atom. The lowest BCUT2D eigenvalue weighted by Gasteiger charge is -2.32. The van der Waals surface area contributed by atoms with E-state index >= 15 is 0 Å². The number of fused-ring (bicyclic) bond motifs is 1. The lowest BCUT2D eigenvalue weighted by molar-refractivity contribution is -0.151. The number of carboxylic acid groups (broad SMARTS) is 1. The molecular weight excluding hydrogens is 426 g/mol. The van der Waals surface area contributed by atoms with Gasteiger partial charge in [0.05, 0.1) is 6.20 Å². The van der Waals surface area contributed by atoms with E-state index in [9.17, 15) is 24.3 Å². The number of carboxylic acids is 1. The fraction of sp³-hybridized carbons (Fsp3) is 0.565. The summed E-state index contributed by atoms with van der Waals surface area (Å²) in [5, 5.41) is 15.2. The largest absolute Gasteiger partial charge is 0.480 e. The molecule has 5 atom stereocenters. The Morgan fingerprint density at radius 2 is 1.76 bits per heavy atom. The van der Waals surface area contributed by atoms with Crippen LogP contribution in [0.25, 0.3) is 0 Å². The van der Waals surface area contributed by atoms with Crippen molar-refractivity contribution < 1.29 is 24.3 Å². The minimum atomic E-state index is -1.04. The first kappa shape index (κ1) is 24.3. The number of rotatable bonds is 8. The van der Waals surface area contributed by atoms with Gasteiger partial charge in [-0.05, 0) is 18.3 Å². The first-order chi connectivity index (χ1) is 15.6. The van der Waals surface area contributed by atoms with Gasteiger partial charge in [-0.15, -0.1) is 0 Å². The molecule has 0 saturated carbocycles. The molecule has 3 rings (SSSR count). The molecule has 2 heterocycles. The highest BCUT2D eigenvalue weighted by atomic mass is 16.4. The lowest BCUT2D eigenvalue weighted by atomic mass is 9.93. The van der Waals surface area contributed by atoms with Gasteiger partial charge in [0.15, 0.2) is 0 Å². The average molecular weight is 458 g/mol.